The molecule has 0 spiro atoms. The molecule has 2 aromatic rings. The van der Waals surface area contributed by atoms with Crippen LogP contribution in [0, 0.1) is 0 Å². The summed E-state index contributed by atoms with van der Waals surface area (Å²) in [6.45, 7) is 0.455. The van der Waals surface area contributed by atoms with Crippen LogP contribution in [0.2, 0.25) is 5.02 Å². The van der Waals surface area contributed by atoms with E-state index in [1.54, 1.807) is 12.1 Å². The lowest BCUT2D eigenvalue weighted by Crippen LogP contribution is -2.09. The van der Waals surface area contributed by atoms with Gasteiger partial charge in [0, 0.05) is 11.6 Å². The van der Waals surface area contributed by atoms with E-state index in [1.165, 1.54) is 12.3 Å². The molecule has 0 unspecified atom stereocenters. The van der Waals surface area contributed by atoms with Gasteiger partial charge in [0.15, 0.2) is 5.82 Å². The number of benzene rings is 1. The molecule has 1 aromatic heterocycles. The summed E-state index contributed by atoms with van der Waals surface area (Å²) in [7, 11) is 0. The first-order valence-corrected chi connectivity index (χ1v) is 5.58. The summed E-state index contributed by atoms with van der Waals surface area (Å²) >= 11 is 5.78. The van der Waals surface area contributed by atoms with Gasteiger partial charge in [0.05, 0.1) is 6.20 Å². The van der Waals surface area contributed by atoms with Gasteiger partial charge in [0.1, 0.15) is 5.56 Å². The van der Waals surface area contributed by atoms with E-state index in [9.17, 15) is 4.79 Å². The minimum atomic E-state index is -1.04. The first-order chi connectivity index (χ1) is 8.66. The second-order valence-corrected chi connectivity index (χ2v) is 4.02. The number of hydrogen-bond donors (Lipinski definition) is 2. The minimum absolute atomic E-state index is 0.0963. The third-order valence-electron chi connectivity index (χ3n) is 2.32. The van der Waals surface area contributed by atoms with Gasteiger partial charge < -0.3 is 10.4 Å². The second kappa shape index (κ2) is 5.46. The predicted octanol–water partition coefficient (Wildman–Crippen LogP) is 2.44. The van der Waals surface area contributed by atoms with Crippen molar-refractivity contribution in [1.29, 1.82) is 0 Å². The summed E-state index contributed by atoms with van der Waals surface area (Å²) in [5, 5.41) is 20.0. The maximum absolute atomic E-state index is 11.0. The van der Waals surface area contributed by atoms with Gasteiger partial charge in [-0.25, -0.2) is 4.79 Å². The number of halogens is 1. The molecule has 0 fully saturated rings. The maximum Gasteiger partial charge on any atom is 0.339 e. The van der Waals surface area contributed by atoms with Crippen LogP contribution in [-0.2, 0) is 6.54 Å². The van der Waals surface area contributed by atoms with Crippen molar-refractivity contribution < 1.29 is 9.90 Å². The number of aromatic nitrogens is 2. The lowest BCUT2D eigenvalue weighted by molar-refractivity contribution is 0.0697. The van der Waals surface area contributed by atoms with Crippen LogP contribution >= 0.6 is 11.6 Å². The Morgan fingerprint density at radius 2 is 2.00 bits per heavy atom. The van der Waals surface area contributed by atoms with E-state index in [2.05, 4.69) is 15.5 Å². The SMILES string of the molecule is O=C(O)c1ccnnc1NCc1ccc(Cl)cc1. The molecular weight excluding hydrogens is 254 g/mol. The number of nitrogens with one attached hydrogen (secondary N) is 1. The van der Waals surface area contributed by atoms with E-state index < -0.39 is 5.97 Å². The van der Waals surface area contributed by atoms with Crippen molar-refractivity contribution in [1.82, 2.24) is 10.2 Å². The third-order valence-corrected chi connectivity index (χ3v) is 2.58. The zero-order valence-electron chi connectivity index (χ0n) is 9.30. The maximum atomic E-state index is 11.0. The van der Waals surface area contributed by atoms with Crippen LogP contribution in [-0.4, -0.2) is 21.3 Å². The molecule has 0 atom stereocenters. The van der Waals surface area contributed by atoms with Crippen LogP contribution in [0.5, 0.6) is 0 Å². The molecule has 2 rings (SSSR count). The number of carboxylic acid groups (broad SMARTS) is 1. The van der Waals surface area contributed by atoms with Gasteiger partial charge in [0.2, 0.25) is 0 Å². The van der Waals surface area contributed by atoms with Gasteiger partial charge in [-0.3, -0.25) is 0 Å². The molecule has 0 aliphatic heterocycles. The first kappa shape index (κ1) is 12.3. The van der Waals surface area contributed by atoms with E-state index in [0.29, 0.717) is 11.6 Å². The molecule has 18 heavy (non-hydrogen) atoms. The van der Waals surface area contributed by atoms with E-state index in [4.69, 9.17) is 16.7 Å². The second-order valence-electron chi connectivity index (χ2n) is 3.58. The van der Waals surface area contributed by atoms with E-state index in [-0.39, 0.29) is 11.4 Å². The Hall–Kier alpha value is -2.14. The number of carboxylic acids is 1. The topological polar surface area (TPSA) is 75.1 Å². The third kappa shape index (κ3) is 2.95. The van der Waals surface area contributed by atoms with Crippen molar-refractivity contribution in [2.75, 3.05) is 5.32 Å². The van der Waals surface area contributed by atoms with Crippen LogP contribution in [0.1, 0.15) is 15.9 Å². The highest BCUT2D eigenvalue weighted by Gasteiger charge is 2.10. The quantitative estimate of drug-likeness (QED) is 0.886. The van der Waals surface area contributed by atoms with Crippen LogP contribution in [0.25, 0.3) is 0 Å². The zero-order chi connectivity index (χ0) is 13.0. The summed E-state index contributed by atoms with van der Waals surface area (Å²) in [5.74, 6) is -0.788. The minimum Gasteiger partial charge on any atom is -0.478 e. The lowest BCUT2D eigenvalue weighted by atomic mass is 10.2. The predicted molar refractivity (Wildman–Crippen MR) is 67.8 cm³/mol. The molecule has 0 aliphatic carbocycles. The molecule has 1 aromatic carbocycles. The first-order valence-electron chi connectivity index (χ1n) is 5.20. The Morgan fingerprint density at radius 3 is 2.67 bits per heavy atom. The number of carbonyl (C=O) groups is 1. The molecule has 2 N–H and O–H groups in total. The van der Waals surface area contributed by atoms with Crippen LogP contribution in [0.4, 0.5) is 5.82 Å². The Labute approximate surface area is 108 Å². The van der Waals surface area contributed by atoms with Gasteiger partial charge >= 0.3 is 5.97 Å². The summed E-state index contributed by atoms with van der Waals surface area (Å²) in [6, 6.07) is 8.65. The molecule has 92 valence electrons. The summed E-state index contributed by atoms with van der Waals surface area (Å²) in [6.07, 6.45) is 1.34. The molecule has 6 heteroatoms. The average Bonchev–Trinajstić information content (AvgIpc) is 2.38. The van der Waals surface area contributed by atoms with Crippen LogP contribution < -0.4 is 5.32 Å². The Balaban J connectivity index is 2.10. The fraction of sp³-hybridized carbons (Fsp3) is 0.0833. The standard InChI is InChI=1S/C12H10ClN3O2/c13-9-3-1-8(2-4-9)7-14-11-10(12(17)18)5-6-15-16-11/h1-6H,7H2,(H,14,16)(H,17,18). The van der Waals surface area contributed by atoms with E-state index >= 15 is 0 Å². The monoisotopic (exact) mass is 263 g/mol. The molecule has 1 heterocycles. The zero-order valence-corrected chi connectivity index (χ0v) is 10.1. The van der Waals surface area contributed by atoms with Crippen molar-refractivity contribution in [3.8, 4) is 0 Å². The van der Waals surface area contributed by atoms with E-state index in [1.807, 2.05) is 12.1 Å². The van der Waals surface area contributed by atoms with Crippen molar-refractivity contribution in [3.05, 3.63) is 52.7 Å². The highest BCUT2D eigenvalue weighted by atomic mass is 35.5. The smallest absolute Gasteiger partial charge is 0.339 e. The highest BCUT2D eigenvalue weighted by Crippen LogP contribution is 2.13. The molecule has 0 bridgehead atoms. The summed E-state index contributed by atoms with van der Waals surface area (Å²) < 4.78 is 0. The normalized spacial score (nSPS) is 10.1. The van der Waals surface area contributed by atoms with Gasteiger partial charge in [-0.15, -0.1) is 5.10 Å². The Bertz CT molecular complexity index is 558. The van der Waals surface area contributed by atoms with Gasteiger partial charge in [-0.2, -0.15) is 5.10 Å². The number of hydrogen-bond acceptors (Lipinski definition) is 4. The number of nitrogens with zero attached hydrogens (tertiary/aromatic N) is 2. The molecule has 0 aliphatic rings. The molecule has 0 amide bonds. The molecule has 0 radical (unpaired) electrons. The van der Waals surface area contributed by atoms with E-state index in [0.717, 1.165) is 5.56 Å². The fourth-order valence-electron chi connectivity index (χ4n) is 1.42. The molecular formula is C12H10ClN3O2. The number of aromatic carboxylic acids is 1. The van der Waals surface area contributed by atoms with Crippen molar-refractivity contribution in [3.63, 3.8) is 0 Å². The summed E-state index contributed by atoms with van der Waals surface area (Å²) in [5.41, 5.74) is 1.07. The van der Waals surface area contributed by atoms with Crippen LogP contribution in [0.3, 0.4) is 0 Å². The molecule has 0 saturated carbocycles. The van der Waals surface area contributed by atoms with Crippen molar-refractivity contribution >= 4 is 23.4 Å². The lowest BCUT2D eigenvalue weighted by Gasteiger charge is -2.07. The molecule has 0 saturated heterocycles. The Morgan fingerprint density at radius 1 is 1.28 bits per heavy atom. The van der Waals surface area contributed by atoms with Gasteiger partial charge in [0.25, 0.3) is 0 Å². The van der Waals surface area contributed by atoms with Gasteiger partial charge in [-0.05, 0) is 23.8 Å². The Kier molecular flexibility index (Phi) is 3.74. The largest absolute Gasteiger partial charge is 0.478 e. The van der Waals surface area contributed by atoms with Crippen molar-refractivity contribution in [2.45, 2.75) is 6.54 Å². The molecule has 5 nitrogen and oxygen atoms in total. The van der Waals surface area contributed by atoms with Crippen molar-refractivity contribution in [2.24, 2.45) is 0 Å². The number of anilines is 1. The van der Waals surface area contributed by atoms with Gasteiger partial charge in [-0.1, -0.05) is 23.7 Å². The highest BCUT2D eigenvalue weighted by molar-refractivity contribution is 6.30. The average molecular weight is 264 g/mol. The fourth-order valence-corrected chi connectivity index (χ4v) is 1.55. The van der Waals surface area contributed by atoms with Crippen LogP contribution in [0.15, 0.2) is 36.5 Å². The number of rotatable bonds is 4. The summed E-state index contributed by atoms with van der Waals surface area (Å²) in [4.78, 5) is 11.0.